The van der Waals surface area contributed by atoms with Gasteiger partial charge in [-0.1, -0.05) is 0 Å². The minimum Gasteiger partial charge on any atom is -0.383 e. The van der Waals surface area contributed by atoms with Crippen LogP contribution in [0.4, 0.5) is 5.82 Å². The lowest BCUT2D eigenvalue weighted by Crippen LogP contribution is -2.46. The van der Waals surface area contributed by atoms with E-state index in [4.69, 9.17) is 14.5 Å². The maximum atomic E-state index is 5.73. The van der Waals surface area contributed by atoms with Crippen molar-refractivity contribution in [1.29, 1.82) is 0 Å². The third-order valence-corrected chi connectivity index (χ3v) is 5.71. The van der Waals surface area contributed by atoms with Crippen LogP contribution in [0.25, 0.3) is 11.0 Å². The van der Waals surface area contributed by atoms with Gasteiger partial charge in [0.1, 0.15) is 5.82 Å². The van der Waals surface area contributed by atoms with Crippen molar-refractivity contribution in [3.8, 4) is 0 Å². The number of hydrogen-bond acceptors (Lipinski definition) is 6. The molecule has 0 aliphatic carbocycles. The van der Waals surface area contributed by atoms with Crippen molar-refractivity contribution in [1.82, 2.24) is 20.1 Å². The quantitative estimate of drug-likeness (QED) is 0.863. The van der Waals surface area contributed by atoms with Crippen molar-refractivity contribution in [2.45, 2.75) is 37.9 Å². The fourth-order valence-electron chi connectivity index (χ4n) is 4.09. The summed E-state index contributed by atoms with van der Waals surface area (Å²) < 4.78 is 11.0. The van der Waals surface area contributed by atoms with Gasteiger partial charge >= 0.3 is 0 Å². The molecule has 136 valence electrons. The van der Waals surface area contributed by atoms with Crippen molar-refractivity contribution in [3.05, 3.63) is 17.8 Å². The van der Waals surface area contributed by atoms with E-state index >= 15 is 0 Å². The average molecular weight is 345 g/mol. The first-order valence-corrected chi connectivity index (χ1v) is 9.08. The number of hydrogen-bond donors (Lipinski definition) is 1. The summed E-state index contributed by atoms with van der Waals surface area (Å²) in [6.07, 6.45) is 4.26. The lowest BCUT2D eigenvalue weighted by Gasteiger charge is -2.36. The number of nitrogens with one attached hydrogen (secondary N) is 1. The zero-order valence-corrected chi connectivity index (χ0v) is 15.2. The van der Waals surface area contributed by atoms with Crippen LogP contribution in [-0.4, -0.2) is 72.7 Å². The van der Waals surface area contributed by atoms with Crippen LogP contribution >= 0.6 is 0 Å². The van der Waals surface area contributed by atoms with Gasteiger partial charge in [0.15, 0.2) is 5.65 Å². The van der Waals surface area contributed by atoms with Crippen LogP contribution in [-0.2, 0) is 9.47 Å². The Morgan fingerprint density at radius 3 is 2.88 bits per heavy atom. The highest BCUT2D eigenvalue weighted by molar-refractivity contribution is 5.81. The van der Waals surface area contributed by atoms with Crippen LogP contribution in [0.5, 0.6) is 0 Å². The smallest absolute Gasteiger partial charge is 0.157 e. The van der Waals surface area contributed by atoms with Gasteiger partial charge in [-0.2, -0.15) is 5.10 Å². The zero-order chi connectivity index (χ0) is 17.4. The molecule has 3 atom stereocenters. The molecule has 2 aliphatic heterocycles. The summed E-state index contributed by atoms with van der Waals surface area (Å²) in [6.45, 7) is 5.45. The largest absolute Gasteiger partial charge is 0.383 e. The molecule has 3 unspecified atom stereocenters. The summed E-state index contributed by atoms with van der Waals surface area (Å²) >= 11 is 0. The number of likely N-dealkylation sites (N-methyl/N-ethyl adjacent to an activating group) is 1. The van der Waals surface area contributed by atoms with E-state index in [1.165, 1.54) is 18.4 Å². The van der Waals surface area contributed by atoms with E-state index in [1.54, 1.807) is 7.11 Å². The molecular formula is C18H27N5O2. The normalized spacial score (nSPS) is 24.4. The van der Waals surface area contributed by atoms with Gasteiger partial charge in [-0.15, -0.1) is 0 Å². The van der Waals surface area contributed by atoms with Crippen molar-refractivity contribution in [2.24, 2.45) is 0 Å². The molecular weight excluding hydrogens is 318 g/mol. The Morgan fingerprint density at radius 1 is 1.40 bits per heavy atom. The fraction of sp³-hybridized carbons (Fsp3) is 0.667. The second-order valence-electron chi connectivity index (χ2n) is 7.18. The number of morpholine rings is 1. The number of ether oxygens (including phenoxy) is 2. The number of methoxy groups -OCH3 is 1. The molecule has 0 spiro atoms. The van der Waals surface area contributed by atoms with Crippen LogP contribution < -0.4 is 4.90 Å². The van der Waals surface area contributed by atoms with Gasteiger partial charge in [0.2, 0.25) is 0 Å². The fourth-order valence-corrected chi connectivity index (χ4v) is 4.09. The summed E-state index contributed by atoms with van der Waals surface area (Å²) in [5, 5.41) is 8.39. The highest BCUT2D eigenvalue weighted by Gasteiger charge is 2.38. The summed E-state index contributed by atoms with van der Waals surface area (Å²) in [6, 6.07) is 3.40. The molecule has 2 bridgehead atoms. The molecule has 2 aromatic heterocycles. The number of aromatic nitrogens is 3. The Hall–Kier alpha value is -1.70. The number of anilines is 1. The molecule has 4 rings (SSSR count). The third-order valence-electron chi connectivity index (χ3n) is 5.71. The Morgan fingerprint density at radius 2 is 2.16 bits per heavy atom. The molecule has 1 N–H and O–H groups in total. The van der Waals surface area contributed by atoms with Crippen molar-refractivity contribution >= 4 is 16.9 Å². The average Bonchev–Trinajstić information content (AvgIpc) is 3.19. The number of aromatic amines is 1. The Bertz CT molecular complexity index is 717. The molecule has 7 heteroatoms. The first-order valence-electron chi connectivity index (χ1n) is 9.08. The van der Waals surface area contributed by atoms with E-state index in [-0.39, 0.29) is 6.04 Å². The number of fused-ring (bicyclic) bond motifs is 3. The third kappa shape index (κ3) is 3.01. The van der Waals surface area contributed by atoms with Gasteiger partial charge in [-0.3, -0.25) is 10.00 Å². The van der Waals surface area contributed by atoms with Crippen LogP contribution in [0.2, 0.25) is 0 Å². The Kier molecular flexibility index (Phi) is 4.62. The number of H-pyrrole nitrogens is 1. The van der Waals surface area contributed by atoms with Crippen molar-refractivity contribution in [3.63, 3.8) is 0 Å². The van der Waals surface area contributed by atoms with E-state index in [9.17, 15) is 0 Å². The second-order valence-corrected chi connectivity index (χ2v) is 7.18. The van der Waals surface area contributed by atoms with Gasteiger partial charge in [-0.05, 0) is 38.4 Å². The van der Waals surface area contributed by atoms with Gasteiger partial charge in [0.25, 0.3) is 0 Å². The molecule has 0 radical (unpaired) electrons. The van der Waals surface area contributed by atoms with E-state index in [0.29, 0.717) is 12.1 Å². The zero-order valence-electron chi connectivity index (χ0n) is 15.2. The van der Waals surface area contributed by atoms with Gasteiger partial charge < -0.3 is 14.4 Å². The van der Waals surface area contributed by atoms with Crippen LogP contribution in [0.1, 0.15) is 31.4 Å². The van der Waals surface area contributed by atoms with Crippen LogP contribution in [0.3, 0.4) is 0 Å². The summed E-state index contributed by atoms with van der Waals surface area (Å²) in [5.74, 6) is 1.05. The molecule has 0 aromatic carbocycles. The van der Waals surface area contributed by atoms with E-state index in [2.05, 4.69) is 40.0 Å². The lowest BCUT2D eigenvalue weighted by atomic mass is 10.0. The first kappa shape index (κ1) is 16.8. The maximum Gasteiger partial charge on any atom is 0.157 e. The maximum absolute atomic E-state index is 5.73. The van der Waals surface area contributed by atoms with Gasteiger partial charge in [0, 0.05) is 25.1 Å². The van der Waals surface area contributed by atoms with E-state index in [1.807, 2.05) is 6.20 Å². The lowest BCUT2D eigenvalue weighted by molar-refractivity contribution is 0.0902. The minimum atomic E-state index is 0.260. The molecule has 4 heterocycles. The number of nitrogens with zero attached hydrogens (tertiary/aromatic N) is 4. The number of pyridine rings is 1. The molecule has 2 fully saturated rings. The van der Waals surface area contributed by atoms with E-state index < -0.39 is 0 Å². The standard InChI is InChI=1S/C18H27N5O2/c1-12(22(2)6-7-24-3)15-8-17(20-18-16(15)9-19-21-18)23-13-4-5-14(23)11-25-10-13/h8-9,12-14H,4-7,10-11H2,1-3H3,(H,19,20,21). The summed E-state index contributed by atoms with van der Waals surface area (Å²) in [4.78, 5) is 9.65. The molecule has 0 amide bonds. The predicted octanol–water partition coefficient (Wildman–Crippen LogP) is 1.96. The Balaban J connectivity index is 1.70. The van der Waals surface area contributed by atoms with E-state index in [0.717, 1.165) is 43.2 Å². The van der Waals surface area contributed by atoms with Gasteiger partial charge in [-0.25, -0.2) is 4.98 Å². The molecule has 7 nitrogen and oxygen atoms in total. The monoisotopic (exact) mass is 345 g/mol. The summed E-state index contributed by atoms with van der Waals surface area (Å²) in [5.41, 5.74) is 2.13. The van der Waals surface area contributed by atoms with Crippen LogP contribution in [0, 0.1) is 0 Å². The van der Waals surface area contributed by atoms with Crippen LogP contribution in [0.15, 0.2) is 12.3 Å². The first-order chi connectivity index (χ1) is 12.2. The summed E-state index contributed by atoms with van der Waals surface area (Å²) in [7, 11) is 3.87. The van der Waals surface area contributed by atoms with Crippen molar-refractivity contribution < 1.29 is 9.47 Å². The topological polar surface area (TPSA) is 66.5 Å². The molecule has 0 saturated carbocycles. The predicted molar refractivity (Wildman–Crippen MR) is 96.9 cm³/mol. The van der Waals surface area contributed by atoms with Gasteiger partial charge in [0.05, 0.1) is 38.1 Å². The molecule has 2 saturated heterocycles. The second kappa shape index (κ2) is 6.90. The highest BCUT2D eigenvalue weighted by atomic mass is 16.5. The molecule has 2 aromatic rings. The SMILES string of the molecule is COCCN(C)C(C)c1cc(N2C3CCC2COC3)nc2[nH]ncc12. The highest BCUT2D eigenvalue weighted by Crippen LogP contribution is 2.36. The minimum absolute atomic E-state index is 0.260. The molecule has 2 aliphatic rings. The Labute approximate surface area is 148 Å². The van der Waals surface area contributed by atoms with Crippen molar-refractivity contribution in [2.75, 3.05) is 45.4 Å². The number of rotatable bonds is 6. The molecule has 25 heavy (non-hydrogen) atoms.